The number of carbonyl (C=O) groups excluding carboxylic acids is 2. The summed E-state index contributed by atoms with van der Waals surface area (Å²) < 4.78 is 27.3. The van der Waals surface area contributed by atoms with Crippen LogP contribution >= 0.6 is 0 Å². The van der Waals surface area contributed by atoms with Crippen molar-refractivity contribution in [2.45, 2.75) is 31.7 Å². The van der Waals surface area contributed by atoms with Crippen molar-refractivity contribution in [2.75, 3.05) is 13.1 Å². The second-order valence-corrected chi connectivity index (χ2v) is 5.36. The topological polar surface area (TPSA) is 75.4 Å². The number of nitrogens with two attached hydrogens (primary N) is 1. The molecule has 1 atom stereocenters. The van der Waals surface area contributed by atoms with Crippen LogP contribution in [-0.2, 0) is 11.2 Å². The van der Waals surface area contributed by atoms with E-state index in [-0.39, 0.29) is 30.5 Å². The van der Waals surface area contributed by atoms with Crippen LogP contribution < -0.4 is 11.1 Å². The first-order chi connectivity index (χ1) is 10.5. The number of piperidine rings is 1. The Hall–Kier alpha value is -2.18. The van der Waals surface area contributed by atoms with E-state index >= 15 is 0 Å². The van der Waals surface area contributed by atoms with Crippen molar-refractivity contribution < 1.29 is 18.4 Å². The number of likely N-dealkylation sites (tertiary alicyclic amines) is 1. The van der Waals surface area contributed by atoms with Crippen LogP contribution in [-0.4, -0.2) is 36.0 Å². The lowest BCUT2D eigenvalue weighted by molar-refractivity contribution is -0.134. The molecule has 3 N–H and O–H groups in total. The smallest absolute Gasteiger partial charge is 0.312 e. The lowest BCUT2D eigenvalue weighted by Gasteiger charge is -2.36. The summed E-state index contributed by atoms with van der Waals surface area (Å²) in [4.78, 5) is 24.8. The van der Waals surface area contributed by atoms with Gasteiger partial charge in [0, 0.05) is 24.7 Å². The number of halogens is 2. The fourth-order valence-corrected chi connectivity index (χ4v) is 2.71. The molecule has 0 spiro atoms. The molecule has 1 aliphatic rings. The van der Waals surface area contributed by atoms with Gasteiger partial charge < -0.3 is 16.0 Å². The molecule has 1 aromatic rings. The zero-order chi connectivity index (χ0) is 16.1. The first kappa shape index (κ1) is 16.2. The van der Waals surface area contributed by atoms with E-state index in [1.54, 1.807) is 4.90 Å². The van der Waals surface area contributed by atoms with Gasteiger partial charge in [-0.2, -0.15) is 0 Å². The minimum absolute atomic E-state index is 0.191. The maximum absolute atomic E-state index is 13.6. The largest absolute Gasteiger partial charge is 0.352 e. The van der Waals surface area contributed by atoms with Crippen LogP contribution in [0.4, 0.5) is 13.6 Å². The molecular formula is C15H19F2N3O2. The Morgan fingerprint density at radius 1 is 1.27 bits per heavy atom. The number of urea groups is 1. The van der Waals surface area contributed by atoms with Crippen molar-refractivity contribution >= 4 is 11.9 Å². The Morgan fingerprint density at radius 2 is 1.95 bits per heavy atom. The van der Waals surface area contributed by atoms with Gasteiger partial charge in [0.15, 0.2) is 0 Å². The van der Waals surface area contributed by atoms with Gasteiger partial charge in [-0.05, 0) is 31.4 Å². The Morgan fingerprint density at radius 3 is 2.59 bits per heavy atom. The Kier molecular flexibility index (Phi) is 5.30. The summed E-state index contributed by atoms with van der Waals surface area (Å²) in [6.45, 7) is 0.765. The number of benzene rings is 1. The van der Waals surface area contributed by atoms with Crippen molar-refractivity contribution in [3.05, 3.63) is 35.4 Å². The zero-order valence-electron chi connectivity index (χ0n) is 12.1. The highest BCUT2D eigenvalue weighted by molar-refractivity contribution is 5.79. The van der Waals surface area contributed by atoms with E-state index in [2.05, 4.69) is 5.32 Å². The number of nitrogens with one attached hydrogen (secondary N) is 1. The predicted octanol–water partition coefficient (Wildman–Crippen LogP) is 1.56. The summed E-state index contributed by atoms with van der Waals surface area (Å²) in [6.07, 6.45) is 2.17. The molecule has 1 aromatic carbocycles. The Bertz CT molecular complexity index is 545. The van der Waals surface area contributed by atoms with E-state index in [1.807, 2.05) is 0 Å². The van der Waals surface area contributed by atoms with Gasteiger partial charge in [-0.15, -0.1) is 0 Å². The highest BCUT2D eigenvalue weighted by atomic mass is 19.1. The molecule has 7 heteroatoms. The van der Waals surface area contributed by atoms with E-state index < -0.39 is 17.7 Å². The molecule has 3 amide bonds. The standard InChI is InChI=1S/C15H19F2N3O2/c16-12-5-3-6-13(17)11(12)8-14(21)20-7-2-1-4-10(20)9-19-15(18)22/h3,5-6,10H,1-2,4,7-9H2,(H3,18,19,22)/t10-/m1/s1. The maximum atomic E-state index is 13.6. The number of primary amides is 1. The van der Waals surface area contributed by atoms with Crippen LogP contribution in [0.3, 0.4) is 0 Å². The number of amides is 3. The summed E-state index contributed by atoms with van der Waals surface area (Å²) in [5.41, 5.74) is 4.82. The molecule has 22 heavy (non-hydrogen) atoms. The van der Waals surface area contributed by atoms with Crippen LogP contribution in [0, 0.1) is 11.6 Å². The van der Waals surface area contributed by atoms with Gasteiger partial charge in [-0.3, -0.25) is 4.79 Å². The molecule has 0 saturated carbocycles. The molecule has 1 aliphatic heterocycles. The molecule has 1 fully saturated rings. The summed E-state index contributed by atoms with van der Waals surface area (Å²) in [5.74, 6) is -1.80. The van der Waals surface area contributed by atoms with Crippen LogP contribution in [0.5, 0.6) is 0 Å². The van der Waals surface area contributed by atoms with E-state index in [9.17, 15) is 18.4 Å². The zero-order valence-corrected chi connectivity index (χ0v) is 12.1. The summed E-state index contributed by atoms with van der Waals surface area (Å²) in [6, 6.07) is 2.68. The minimum Gasteiger partial charge on any atom is -0.352 e. The predicted molar refractivity (Wildman–Crippen MR) is 77.0 cm³/mol. The molecule has 0 aliphatic carbocycles. The number of hydrogen-bond acceptors (Lipinski definition) is 2. The average Bonchev–Trinajstić information content (AvgIpc) is 2.49. The SMILES string of the molecule is NC(=O)NC[C@H]1CCCCN1C(=O)Cc1c(F)cccc1F. The second-order valence-electron chi connectivity index (χ2n) is 5.36. The van der Waals surface area contributed by atoms with E-state index in [0.717, 1.165) is 31.4 Å². The quantitative estimate of drug-likeness (QED) is 0.885. The van der Waals surface area contributed by atoms with Crippen molar-refractivity contribution in [2.24, 2.45) is 5.73 Å². The maximum Gasteiger partial charge on any atom is 0.312 e. The molecule has 0 radical (unpaired) electrons. The second kappa shape index (κ2) is 7.20. The highest BCUT2D eigenvalue weighted by Crippen LogP contribution is 2.20. The molecule has 0 aromatic heterocycles. The van der Waals surface area contributed by atoms with Gasteiger partial charge >= 0.3 is 6.03 Å². The third kappa shape index (κ3) is 3.93. The van der Waals surface area contributed by atoms with Crippen molar-refractivity contribution in [1.82, 2.24) is 10.2 Å². The lowest BCUT2D eigenvalue weighted by Crippen LogP contribution is -2.50. The van der Waals surface area contributed by atoms with Gasteiger partial charge in [0.25, 0.3) is 0 Å². The molecule has 1 saturated heterocycles. The normalized spacial score (nSPS) is 18.1. The van der Waals surface area contributed by atoms with E-state index in [0.29, 0.717) is 6.54 Å². The molecule has 2 rings (SSSR count). The van der Waals surface area contributed by atoms with Crippen molar-refractivity contribution in [3.8, 4) is 0 Å². The number of rotatable bonds is 4. The lowest BCUT2D eigenvalue weighted by atomic mass is 10.0. The molecule has 0 bridgehead atoms. The van der Waals surface area contributed by atoms with Gasteiger partial charge in [0.05, 0.1) is 6.42 Å². The van der Waals surface area contributed by atoms with Crippen LogP contribution in [0.1, 0.15) is 24.8 Å². The first-order valence-corrected chi connectivity index (χ1v) is 7.24. The van der Waals surface area contributed by atoms with Gasteiger partial charge in [-0.1, -0.05) is 6.07 Å². The van der Waals surface area contributed by atoms with Crippen molar-refractivity contribution in [1.29, 1.82) is 0 Å². The number of hydrogen-bond donors (Lipinski definition) is 2. The molecule has 0 unspecified atom stereocenters. The average molecular weight is 311 g/mol. The fraction of sp³-hybridized carbons (Fsp3) is 0.467. The monoisotopic (exact) mass is 311 g/mol. The Labute approximate surface area is 127 Å². The molecule has 120 valence electrons. The minimum atomic E-state index is -0.725. The van der Waals surface area contributed by atoms with Crippen LogP contribution in [0.15, 0.2) is 18.2 Å². The van der Waals surface area contributed by atoms with E-state index in [1.165, 1.54) is 6.07 Å². The van der Waals surface area contributed by atoms with Crippen molar-refractivity contribution in [3.63, 3.8) is 0 Å². The summed E-state index contributed by atoms with van der Waals surface area (Å²) in [5, 5.41) is 2.48. The Balaban J connectivity index is 2.07. The first-order valence-electron chi connectivity index (χ1n) is 7.24. The van der Waals surface area contributed by atoms with Crippen LogP contribution in [0.25, 0.3) is 0 Å². The summed E-state index contributed by atoms with van der Waals surface area (Å²) >= 11 is 0. The fourth-order valence-electron chi connectivity index (χ4n) is 2.71. The number of carbonyl (C=O) groups is 2. The third-order valence-corrected chi connectivity index (χ3v) is 3.85. The van der Waals surface area contributed by atoms with Gasteiger partial charge in [-0.25, -0.2) is 13.6 Å². The summed E-state index contributed by atoms with van der Waals surface area (Å²) in [7, 11) is 0. The van der Waals surface area contributed by atoms with E-state index in [4.69, 9.17) is 5.73 Å². The highest BCUT2D eigenvalue weighted by Gasteiger charge is 2.27. The third-order valence-electron chi connectivity index (χ3n) is 3.85. The molecule has 5 nitrogen and oxygen atoms in total. The molecular weight excluding hydrogens is 292 g/mol. The van der Waals surface area contributed by atoms with Gasteiger partial charge in [0.1, 0.15) is 11.6 Å². The number of nitrogens with zero attached hydrogens (tertiary/aromatic N) is 1. The van der Waals surface area contributed by atoms with Gasteiger partial charge in [0.2, 0.25) is 5.91 Å². The van der Waals surface area contributed by atoms with Crippen LogP contribution in [0.2, 0.25) is 0 Å². The molecule has 1 heterocycles.